The van der Waals surface area contributed by atoms with Crippen molar-refractivity contribution in [2.75, 3.05) is 0 Å². The van der Waals surface area contributed by atoms with Gasteiger partial charge < -0.3 is 4.90 Å². The predicted molar refractivity (Wildman–Crippen MR) is 76.7 cm³/mol. The van der Waals surface area contributed by atoms with Crippen molar-refractivity contribution in [3.8, 4) is 0 Å². The Morgan fingerprint density at radius 3 is 2.37 bits per heavy atom. The van der Waals surface area contributed by atoms with Crippen LogP contribution in [0.25, 0.3) is 0 Å². The third-order valence-corrected chi connectivity index (χ3v) is 5.09. The summed E-state index contributed by atoms with van der Waals surface area (Å²) in [4.78, 5) is 15.0. The fourth-order valence-corrected chi connectivity index (χ4v) is 3.90. The summed E-state index contributed by atoms with van der Waals surface area (Å²) in [6.45, 7) is 4.52. The molecule has 3 rings (SSSR count). The molecular formula is C16H28N2O. The summed E-state index contributed by atoms with van der Waals surface area (Å²) in [5.74, 6) is 1.07. The zero-order valence-corrected chi connectivity index (χ0v) is 12.5. The van der Waals surface area contributed by atoms with E-state index in [1.807, 2.05) is 0 Å². The first-order valence-electron chi connectivity index (χ1n) is 8.23. The van der Waals surface area contributed by atoms with E-state index < -0.39 is 0 Å². The molecule has 1 N–H and O–H groups in total. The van der Waals surface area contributed by atoms with Crippen molar-refractivity contribution in [1.82, 2.24) is 10.2 Å². The number of nitrogens with zero attached hydrogens (tertiary/aromatic N) is 1. The number of amides is 1. The van der Waals surface area contributed by atoms with E-state index in [1.54, 1.807) is 0 Å². The zero-order chi connectivity index (χ0) is 13.5. The number of carbonyl (C=O) groups excluding carboxylic acids is 1. The van der Waals surface area contributed by atoms with Gasteiger partial charge in [0.25, 0.3) is 0 Å². The van der Waals surface area contributed by atoms with Crippen molar-refractivity contribution in [3.63, 3.8) is 0 Å². The van der Waals surface area contributed by atoms with Gasteiger partial charge >= 0.3 is 0 Å². The second-order valence-electron chi connectivity index (χ2n) is 7.23. The first kappa shape index (κ1) is 13.4. The average Bonchev–Trinajstić information content (AvgIpc) is 3.10. The van der Waals surface area contributed by atoms with Gasteiger partial charge in [0.15, 0.2) is 0 Å². The molecule has 3 aliphatic rings. The molecule has 0 aromatic carbocycles. The van der Waals surface area contributed by atoms with Crippen LogP contribution in [0.4, 0.5) is 0 Å². The van der Waals surface area contributed by atoms with Crippen molar-refractivity contribution in [3.05, 3.63) is 0 Å². The summed E-state index contributed by atoms with van der Waals surface area (Å²) in [6.07, 6.45) is 11.3. The molecule has 0 aromatic rings. The van der Waals surface area contributed by atoms with E-state index in [1.165, 1.54) is 38.5 Å². The number of hydrogen-bond donors (Lipinski definition) is 1. The van der Waals surface area contributed by atoms with Gasteiger partial charge in [-0.2, -0.15) is 0 Å². The van der Waals surface area contributed by atoms with Crippen LogP contribution < -0.4 is 5.32 Å². The smallest absolute Gasteiger partial charge is 0.244 e. The number of hydrogen-bond acceptors (Lipinski definition) is 2. The fraction of sp³-hybridized carbons (Fsp3) is 0.938. The first-order chi connectivity index (χ1) is 9.12. The van der Waals surface area contributed by atoms with Gasteiger partial charge in [-0.3, -0.25) is 10.1 Å². The molecule has 19 heavy (non-hydrogen) atoms. The van der Waals surface area contributed by atoms with Crippen LogP contribution in [0.5, 0.6) is 0 Å². The van der Waals surface area contributed by atoms with E-state index in [-0.39, 0.29) is 5.54 Å². The van der Waals surface area contributed by atoms with Gasteiger partial charge in [-0.05, 0) is 38.0 Å². The normalized spacial score (nSPS) is 31.2. The average molecular weight is 264 g/mol. The Kier molecular flexibility index (Phi) is 3.59. The molecule has 3 nitrogen and oxygen atoms in total. The molecule has 1 heterocycles. The van der Waals surface area contributed by atoms with Crippen molar-refractivity contribution < 1.29 is 4.79 Å². The summed E-state index contributed by atoms with van der Waals surface area (Å²) in [7, 11) is 0. The SMILES string of the molecule is CC(C)CC1NC2(CC2)C(=O)N1C1CCCCCC1. The molecule has 0 radical (unpaired) electrons. The predicted octanol–water partition coefficient (Wildman–Crippen LogP) is 3.05. The highest BCUT2D eigenvalue weighted by atomic mass is 16.2. The summed E-state index contributed by atoms with van der Waals surface area (Å²) >= 11 is 0. The van der Waals surface area contributed by atoms with Crippen LogP contribution in [0.3, 0.4) is 0 Å². The second-order valence-corrected chi connectivity index (χ2v) is 7.23. The van der Waals surface area contributed by atoms with Crippen LogP contribution in [0, 0.1) is 5.92 Å². The van der Waals surface area contributed by atoms with E-state index in [4.69, 9.17) is 0 Å². The summed E-state index contributed by atoms with van der Waals surface area (Å²) in [5, 5.41) is 3.67. The molecule has 108 valence electrons. The van der Waals surface area contributed by atoms with Gasteiger partial charge in [0.2, 0.25) is 5.91 Å². The highest BCUT2D eigenvalue weighted by molar-refractivity contribution is 5.92. The van der Waals surface area contributed by atoms with E-state index in [0.29, 0.717) is 24.0 Å². The highest BCUT2D eigenvalue weighted by Gasteiger charge is 2.59. The lowest BCUT2D eigenvalue weighted by molar-refractivity contribution is -0.133. The van der Waals surface area contributed by atoms with Crippen LogP contribution in [0.2, 0.25) is 0 Å². The van der Waals surface area contributed by atoms with Crippen molar-refractivity contribution in [2.24, 2.45) is 5.92 Å². The van der Waals surface area contributed by atoms with Gasteiger partial charge in [0.1, 0.15) is 0 Å². The minimum absolute atomic E-state index is 0.133. The lowest BCUT2D eigenvalue weighted by Gasteiger charge is -2.33. The molecule has 1 unspecified atom stereocenters. The molecular weight excluding hydrogens is 236 g/mol. The van der Waals surface area contributed by atoms with Crippen LogP contribution in [0.1, 0.15) is 71.6 Å². The Morgan fingerprint density at radius 1 is 1.21 bits per heavy atom. The van der Waals surface area contributed by atoms with Gasteiger partial charge in [-0.25, -0.2) is 0 Å². The molecule has 0 aromatic heterocycles. The number of rotatable bonds is 3. The van der Waals surface area contributed by atoms with Gasteiger partial charge in [0.05, 0.1) is 11.7 Å². The molecule has 3 fully saturated rings. The lowest BCUT2D eigenvalue weighted by atomic mass is 10.0. The maximum atomic E-state index is 12.8. The first-order valence-corrected chi connectivity index (χ1v) is 8.23. The van der Waals surface area contributed by atoms with Crippen LogP contribution in [-0.2, 0) is 4.79 Å². The van der Waals surface area contributed by atoms with E-state index in [2.05, 4.69) is 24.1 Å². The van der Waals surface area contributed by atoms with Gasteiger partial charge in [0, 0.05) is 6.04 Å². The molecule has 2 saturated carbocycles. The third-order valence-electron chi connectivity index (χ3n) is 5.09. The zero-order valence-electron chi connectivity index (χ0n) is 12.5. The molecule has 0 bridgehead atoms. The minimum Gasteiger partial charge on any atom is -0.323 e. The molecule has 1 amide bonds. The van der Waals surface area contributed by atoms with Gasteiger partial charge in [-0.1, -0.05) is 39.5 Å². The third kappa shape index (κ3) is 2.54. The van der Waals surface area contributed by atoms with E-state index in [0.717, 1.165) is 19.3 Å². The number of carbonyl (C=O) groups is 1. The van der Waals surface area contributed by atoms with E-state index >= 15 is 0 Å². The summed E-state index contributed by atoms with van der Waals surface area (Å²) in [6, 6.07) is 0.506. The Bertz CT molecular complexity index is 341. The summed E-state index contributed by atoms with van der Waals surface area (Å²) in [5.41, 5.74) is -0.133. The monoisotopic (exact) mass is 264 g/mol. The molecule has 1 atom stereocenters. The van der Waals surface area contributed by atoms with Crippen molar-refractivity contribution >= 4 is 5.91 Å². The Hall–Kier alpha value is -0.570. The maximum Gasteiger partial charge on any atom is 0.244 e. The second kappa shape index (κ2) is 5.08. The topological polar surface area (TPSA) is 32.3 Å². The molecule has 2 aliphatic carbocycles. The fourth-order valence-electron chi connectivity index (χ4n) is 3.90. The Balaban J connectivity index is 1.76. The van der Waals surface area contributed by atoms with Crippen LogP contribution in [-0.4, -0.2) is 28.6 Å². The van der Waals surface area contributed by atoms with Crippen LogP contribution >= 0.6 is 0 Å². The molecule has 3 heteroatoms. The van der Waals surface area contributed by atoms with E-state index in [9.17, 15) is 4.79 Å². The lowest BCUT2D eigenvalue weighted by Crippen LogP contribution is -2.45. The van der Waals surface area contributed by atoms with Gasteiger partial charge in [-0.15, -0.1) is 0 Å². The summed E-state index contributed by atoms with van der Waals surface area (Å²) < 4.78 is 0. The number of nitrogens with one attached hydrogen (secondary N) is 1. The van der Waals surface area contributed by atoms with Crippen molar-refractivity contribution in [1.29, 1.82) is 0 Å². The van der Waals surface area contributed by atoms with Crippen molar-refractivity contribution in [2.45, 2.75) is 89.4 Å². The minimum atomic E-state index is -0.133. The largest absolute Gasteiger partial charge is 0.323 e. The molecule has 1 saturated heterocycles. The van der Waals surface area contributed by atoms with Crippen LogP contribution in [0.15, 0.2) is 0 Å². The molecule has 1 aliphatic heterocycles. The highest BCUT2D eigenvalue weighted by Crippen LogP contribution is 2.44. The Morgan fingerprint density at radius 2 is 1.84 bits per heavy atom. The maximum absolute atomic E-state index is 12.8. The standard InChI is InChI=1S/C16H28N2O/c1-12(2)11-14-17-16(9-10-16)15(19)18(14)13-7-5-3-4-6-8-13/h12-14,17H,3-11H2,1-2H3. The quantitative estimate of drug-likeness (QED) is 0.795. The Labute approximate surface area is 117 Å². The molecule has 1 spiro atoms.